The van der Waals surface area contributed by atoms with Crippen molar-refractivity contribution < 1.29 is 9.84 Å². The average Bonchev–Trinajstić information content (AvgIpc) is 2.58. The predicted molar refractivity (Wildman–Crippen MR) is 109 cm³/mol. The molecule has 1 saturated heterocycles. The van der Waals surface area contributed by atoms with Gasteiger partial charge in [0.15, 0.2) is 5.96 Å². The molecular formula is C18H30IN3O2. The minimum atomic E-state index is -0.731. The van der Waals surface area contributed by atoms with Crippen LogP contribution in [-0.2, 0) is 4.74 Å². The van der Waals surface area contributed by atoms with Crippen molar-refractivity contribution in [1.82, 2.24) is 10.6 Å². The molecule has 0 spiro atoms. The largest absolute Gasteiger partial charge is 0.388 e. The molecule has 1 heterocycles. The molecule has 2 rings (SSSR count). The molecule has 6 heteroatoms. The van der Waals surface area contributed by atoms with Crippen LogP contribution < -0.4 is 10.6 Å². The minimum absolute atomic E-state index is 0. The van der Waals surface area contributed by atoms with Crippen LogP contribution in [0.2, 0.25) is 0 Å². The van der Waals surface area contributed by atoms with Crippen molar-refractivity contribution in [3.8, 4) is 0 Å². The number of ether oxygens (including phenoxy) is 1. The normalized spacial score (nSPS) is 18.4. The molecule has 1 atom stereocenters. The van der Waals surface area contributed by atoms with Crippen LogP contribution in [0, 0.1) is 0 Å². The molecule has 0 amide bonds. The number of rotatable bonds is 6. The highest BCUT2D eigenvalue weighted by Crippen LogP contribution is 2.20. The fourth-order valence-electron chi connectivity index (χ4n) is 2.63. The van der Waals surface area contributed by atoms with Gasteiger partial charge in [0.25, 0.3) is 0 Å². The molecule has 24 heavy (non-hydrogen) atoms. The van der Waals surface area contributed by atoms with E-state index in [9.17, 15) is 5.11 Å². The summed E-state index contributed by atoms with van der Waals surface area (Å²) in [5, 5.41) is 17.1. The van der Waals surface area contributed by atoms with E-state index in [0.29, 0.717) is 38.5 Å². The Morgan fingerprint density at radius 1 is 1.25 bits per heavy atom. The topological polar surface area (TPSA) is 65.9 Å². The fraction of sp³-hybridized carbons (Fsp3) is 0.611. The molecule has 1 aliphatic rings. The van der Waals surface area contributed by atoms with Crippen LogP contribution in [0.5, 0.6) is 0 Å². The van der Waals surface area contributed by atoms with Gasteiger partial charge in [0.1, 0.15) is 0 Å². The molecule has 0 aromatic heterocycles. The lowest BCUT2D eigenvalue weighted by Crippen LogP contribution is -2.43. The second kappa shape index (κ2) is 10.9. The Bertz CT molecular complexity index is 490. The van der Waals surface area contributed by atoms with Crippen LogP contribution in [0.25, 0.3) is 0 Å². The van der Waals surface area contributed by atoms with Crippen LogP contribution >= 0.6 is 24.0 Å². The Kier molecular flexibility index (Phi) is 9.61. The molecule has 1 aromatic rings. The Labute approximate surface area is 162 Å². The fourth-order valence-corrected chi connectivity index (χ4v) is 2.63. The number of nitrogens with zero attached hydrogens (tertiary/aromatic N) is 1. The summed E-state index contributed by atoms with van der Waals surface area (Å²) in [4.78, 5) is 4.56. The molecule has 0 saturated carbocycles. The number of aliphatic hydroxyl groups is 1. The lowest BCUT2D eigenvalue weighted by atomic mass is 9.95. The van der Waals surface area contributed by atoms with Crippen LogP contribution in [0.4, 0.5) is 0 Å². The first-order valence-electron chi connectivity index (χ1n) is 8.50. The lowest BCUT2D eigenvalue weighted by Gasteiger charge is -2.30. The van der Waals surface area contributed by atoms with E-state index < -0.39 is 5.60 Å². The molecular weight excluding hydrogens is 417 g/mol. The maximum Gasteiger partial charge on any atom is 0.191 e. The minimum Gasteiger partial charge on any atom is -0.388 e. The summed E-state index contributed by atoms with van der Waals surface area (Å²) >= 11 is 0. The van der Waals surface area contributed by atoms with Gasteiger partial charge in [-0.1, -0.05) is 37.3 Å². The first kappa shape index (κ1) is 21.2. The number of hydrogen-bond donors (Lipinski definition) is 3. The van der Waals surface area contributed by atoms with Gasteiger partial charge < -0.3 is 20.5 Å². The van der Waals surface area contributed by atoms with Crippen molar-refractivity contribution in [2.75, 3.05) is 32.8 Å². The van der Waals surface area contributed by atoms with Gasteiger partial charge in [-0.2, -0.15) is 0 Å². The number of benzene rings is 1. The molecule has 1 aliphatic heterocycles. The van der Waals surface area contributed by atoms with Gasteiger partial charge >= 0.3 is 0 Å². The average molecular weight is 447 g/mol. The van der Waals surface area contributed by atoms with E-state index in [-0.39, 0.29) is 24.0 Å². The van der Waals surface area contributed by atoms with Crippen molar-refractivity contribution in [2.45, 2.75) is 38.2 Å². The zero-order valence-electron chi connectivity index (χ0n) is 14.6. The summed E-state index contributed by atoms with van der Waals surface area (Å²) in [5.74, 6) is 1.15. The molecule has 0 aliphatic carbocycles. The SMILES string of the molecule is CCNC(=NCC1(O)CCOCC1)NCC(C)c1ccccc1.I. The summed E-state index contributed by atoms with van der Waals surface area (Å²) < 4.78 is 5.31. The molecule has 1 unspecified atom stereocenters. The highest BCUT2D eigenvalue weighted by Gasteiger charge is 2.29. The molecule has 3 N–H and O–H groups in total. The molecule has 136 valence electrons. The van der Waals surface area contributed by atoms with Gasteiger partial charge in [-0.3, -0.25) is 4.99 Å². The van der Waals surface area contributed by atoms with Crippen molar-refractivity contribution in [3.05, 3.63) is 35.9 Å². The van der Waals surface area contributed by atoms with Crippen LogP contribution in [0.3, 0.4) is 0 Å². The summed E-state index contributed by atoms with van der Waals surface area (Å²) in [5.41, 5.74) is 0.574. The molecule has 0 bridgehead atoms. The number of halogens is 1. The summed E-state index contributed by atoms with van der Waals surface area (Å²) in [6.45, 7) is 7.47. The molecule has 1 fully saturated rings. The Morgan fingerprint density at radius 3 is 2.54 bits per heavy atom. The maximum absolute atomic E-state index is 10.5. The van der Waals surface area contributed by atoms with Crippen molar-refractivity contribution in [3.63, 3.8) is 0 Å². The monoisotopic (exact) mass is 447 g/mol. The van der Waals surface area contributed by atoms with E-state index in [0.717, 1.165) is 19.0 Å². The highest BCUT2D eigenvalue weighted by molar-refractivity contribution is 14.0. The molecule has 5 nitrogen and oxygen atoms in total. The zero-order chi connectivity index (χ0) is 16.5. The predicted octanol–water partition coefficient (Wildman–Crippen LogP) is 2.50. The van der Waals surface area contributed by atoms with Gasteiger partial charge in [-0.05, 0) is 18.4 Å². The summed E-state index contributed by atoms with van der Waals surface area (Å²) in [7, 11) is 0. The Hall–Kier alpha value is -0.860. The van der Waals surface area contributed by atoms with Gasteiger partial charge in [0.2, 0.25) is 0 Å². The summed E-state index contributed by atoms with van der Waals surface area (Å²) in [6.07, 6.45) is 1.30. The number of hydrogen-bond acceptors (Lipinski definition) is 3. The third-order valence-corrected chi connectivity index (χ3v) is 4.24. The Balaban J connectivity index is 0.00000288. The molecule has 0 radical (unpaired) electrons. The van der Waals surface area contributed by atoms with E-state index in [1.54, 1.807) is 0 Å². The highest BCUT2D eigenvalue weighted by atomic mass is 127. The third-order valence-electron chi connectivity index (χ3n) is 4.24. The quantitative estimate of drug-likeness (QED) is 0.356. The molecule has 1 aromatic carbocycles. The van der Waals surface area contributed by atoms with E-state index in [2.05, 4.69) is 46.8 Å². The van der Waals surface area contributed by atoms with Gasteiger partial charge in [0.05, 0.1) is 12.1 Å². The second-order valence-corrected chi connectivity index (χ2v) is 6.22. The lowest BCUT2D eigenvalue weighted by molar-refractivity contribution is -0.0565. The standard InChI is InChI=1S/C18H29N3O2.HI/c1-3-19-17(21-14-18(22)9-11-23-12-10-18)20-13-15(2)16-7-5-4-6-8-16;/h4-8,15,22H,3,9-14H2,1-2H3,(H2,19,20,21);1H. The van der Waals surface area contributed by atoms with Gasteiger partial charge in [0, 0.05) is 39.1 Å². The smallest absolute Gasteiger partial charge is 0.191 e. The van der Waals surface area contributed by atoms with E-state index in [1.807, 2.05) is 13.0 Å². The Morgan fingerprint density at radius 2 is 1.92 bits per heavy atom. The first-order chi connectivity index (χ1) is 11.1. The van der Waals surface area contributed by atoms with Crippen LogP contribution in [0.15, 0.2) is 35.3 Å². The van der Waals surface area contributed by atoms with Crippen LogP contribution in [-0.4, -0.2) is 49.5 Å². The number of aliphatic imine (C=N–C) groups is 1. The van der Waals surface area contributed by atoms with Gasteiger partial charge in [-0.15, -0.1) is 24.0 Å². The van der Waals surface area contributed by atoms with E-state index >= 15 is 0 Å². The maximum atomic E-state index is 10.5. The third kappa shape index (κ3) is 6.94. The number of nitrogens with one attached hydrogen (secondary N) is 2. The van der Waals surface area contributed by atoms with Crippen molar-refractivity contribution in [1.29, 1.82) is 0 Å². The van der Waals surface area contributed by atoms with E-state index in [4.69, 9.17) is 4.74 Å². The first-order valence-corrected chi connectivity index (χ1v) is 8.50. The van der Waals surface area contributed by atoms with Crippen molar-refractivity contribution in [2.24, 2.45) is 4.99 Å². The van der Waals surface area contributed by atoms with Crippen molar-refractivity contribution >= 4 is 29.9 Å². The summed E-state index contributed by atoms with van der Waals surface area (Å²) in [6, 6.07) is 10.4. The number of guanidine groups is 1. The van der Waals surface area contributed by atoms with E-state index in [1.165, 1.54) is 5.56 Å². The van der Waals surface area contributed by atoms with Gasteiger partial charge in [-0.25, -0.2) is 0 Å². The van der Waals surface area contributed by atoms with Crippen LogP contribution in [0.1, 0.15) is 38.2 Å². The second-order valence-electron chi connectivity index (χ2n) is 6.22. The zero-order valence-corrected chi connectivity index (χ0v) is 17.0.